The number of amides is 1. The van der Waals surface area contributed by atoms with Gasteiger partial charge in [-0.05, 0) is 32.0 Å². The van der Waals surface area contributed by atoms with Gasteiger partial charge in [-0.1, -0.05) is 22.0 Å². The summed E-state index contributed by atoms with van der Waals surface area (Å²) in [5.74, 6) is -0.388. The minimum Gasteiger partial charge on any atom is -0.507 e. The molecule has 1 amide bonds. The summed E-state index contributed by atoms with van der Waals surface area (Å²) in [5.41, 5.74) is 2.09. The van der Waals surface area contributed by atoms with Crippen molar-refractivity contribution in [1.82, 2.24) is 5.43 Å². The van der Waals surface area contributed by atoms with Crippen molar-refractivity contribution in [2.75, 3.05) is 0 Å². The average Bonchev–Trinajstić information content (AvgIpc) is 2.43. The van der Waals surface area contributed by atoms with E-state index in [9.17, 15) is 14.7 Å². The van der Waals surface area contributed by atoms with Gasteiger partial charge in [-0.3, -0.25) is 4.79 Å². The molecule has 0 atom stereocenters. The molecule has 6 nitrogen and oxygen atoms in total. The van der Waals surface area contributed by atoms with Gasteiger partial charge in [-0.25, -0.2) is 10.2 Å². The van der Waals surface area contributed by atoms with E-state index in [0.717, 1.165) is 4.47 Å². The van der Waals surface area contributed by atoms with Crippen molar-refractivity contribution < 1.29 is 14.3 Å². The first kappa shape index (κ1) is 16.0. The largest absolute Gasteiger partial charge is 0.507 e. The fourth-order valence-electron chi connectivity index (χ4n) is 1.81. The molecule has 1 heterocycles. The molecule has 2 rings (SSSR count). The second kappa shape index (κ2) is 6.57. The number of carbonyl (C=O) groups is 1. The van der Waals surface area contributed by atoms with Crippen LogP contribution in [0, 0.1) is 6.92 Å². The molecule has 2 N–H and O–H groups in total. The fourth-order valence-corrected chi connectivity index (χ4v) is 2.21. The maximum atomic E-state index is 12.0. The molecule has 0 aliphatic heterocycles. The summed E-state index contributed by atoms with van der Waals surface area (Å²) in [6, 6.07) is 8.09. The van der Waals surface area contributed by atoms with Gasteiger partial charge in [0.2, 0.25) is 0 Å². The minimum absolute atomic E-state index is 0.0832. The molecule has 0 unspecified atom stereocenters. The van der Waals surface area contributed by atoms with Gasteiger partial charge in [0.25, 0.3) is 5.91 Å². The van der Waals surface area contributed by atoms with Crippen LogP contribution in [-0.2, 0) is 0 Å². The summed E-state index contributed by atoms with van der Waals surface area (Å²) >= 11 is 3.27. The zero-order valence-corrected chi connectivity index (χ0v) is 13.5. The van der Waals surface area contributed by atoms with E-state index < -0.39 is 11.5 Å². The average molecular weight is 365 g/mol. The van der Waals surface area contributed by atoms with Gasteiger partial charge < -0.3 is 9.52 Å². The monoisotopic (exact) mass is 364 g/mol. The number of nitrogens with one attached hydrogen (secondary N) is 1. The molecule has 0 saturated carbocycles. The van der Waals surface area contributed by atoms with E-state index in [0.29, 0.717) is 5.56 Å². The molecule has 1 aromatic heterocycles. The van der Waals surface area contributed by atoms with Crippen LogP contribution in [-0.4, -0.2) is 16.7 Å². The molecular weight excluding hydrogens is 352 g/mol. The Bertz CT molecular complexity index is 811. The minimum atomic E-state index is -0.713. The number of hydrogen-bond acceptors (Lipinski definition) is 5. The molecule has 114 valence electrons. The Balaban J connectivity index is 2.24. The molecule has 0 aliphatic rings. The van der Waals surface area contributed by atoms with E-state index in [-0.39, 0.29) is 22.8 Å². The summed E-state index contributed by atoms with van der Waals surface area (Å²) in [4.78, 5) is 23.7. The summed E-state index contributed by atoms with van der Waals surface area (Å²) in [6.07, 6.45) is 0. The molecule has 2 aromatic rings. The van der Waals surface area contributed by atoms with Crippen molar-refractivity contribution in [3.05, 3.63) is 62.1 Å². The number of hydrazone groups is 1. The van der Waals surface area contributed by atoms with Crippen molar-refractivity contribution in [3.63, 3.8) is 0 Å². The maximum absolute atomic E-state index is 12.0. The van der Waals surface area contributed by atoms with Gasteiger partial charge in [0.05, 0.1) is 5.71 Å². The number of rotatable bonds is 3. The predicted octanol–water partition coefficient (Wildman–Crippen LogP) is 2.57. The van der Waals surface area contributed by atoms with Crippen molar-refractivity contribution in [1.29, 1.82) is 0 Å². The van der Waals surface area contributed by atoms with Gasteiger partial charge in [0.1, 0.15) is 17.1 Å². The van der Waals surface area contributed by atoms with Crippen molar-refractivity contribution in [2.45, 2.75) is 13.8 Å². The number of aryl methyl sites for hydroxylation is 1. The highest BCUT2D eigenvalue weighted by Gasteiger charge is 2.13. The SMILES string of the molecule is CC(=NNC(=O)c1cccc(Br)c1)c1c(O)cc(C)oc1=O. The smallest absolute Gasteiger partial charge is 0.348 e. The molecule has 1 aromatic carbocycles. The van der Waals surface area contributed by atoms with E-state index in [2.05, 4.69) is 26.5 Å². The molecular formula is C15H13BrN2O4. The van der Waals surface area contributed by atoms with Crippen LogP contribution in [0.4, 0.5) is 0 Å². The second-order valence-corrected chi connectivity index (χ2v) is 5.47. The molecule has 22 heavy (non-hydrogen) atoms. The van der Waals surface area contributed by atoms with E-state index in [4.69, 9.17) is 4.42 Å². The van der Waals surface area contributed by atoms with Crippen LogP contribution in [0.25, 0.3) is 0 Å². The highest BCUT2D eigenvalue weighted by Crippen LogP contribution is 2.15. The lowest BCUT2D eigenvalue weighted by Crippen LogP contribution is -2.21. The Labute approximate surface area is 134 Å². The first-order chi connectivity index (χ1) is 10.4. The lowest BCUT2D eigenvalue weighted by Gasteiger charge is -2.04. The Hall–Kier alpha value is -2.41. The Kier molecular flexibility index (Phi) is 4.77. The summed E-state index contributed by atoms with van der Waals surface area (Å²) in [5, 5.41) is 13.6. The number of nitrogens with zero attached hydrogens (tertiary/aromatic N) is 1. The third-order valence-electron chi connectivity index (χ3n) is 2.83. The van der Waals surface area contributed by atoms with Crippen LogP contribution in [0.1, 0.15) is 28.6 Å². The number of aromatic hydroxyl groups is 1. The fraction of sp³-hybridized carbons (Fsp3) is 0.133. The molecule has 0 bridgehead atoms. The van der Waals surface area contributed by atoms with Crippen LogP contribution in [0.15, 0.2) is 49.1 Å². The maximum Gasteiger partial charge on any atom is 0.348 e. The first-order valence-electron chi connectivity index (χ1n) is 6.33. The van der Waals surface area contributed by atoms with Gasteiger partial charge in [-0.2, -0.15) is 5.10 Å². The van der Waals surface area contributed by atoms with Gasteiger partial charge in [0.15, 0.2) is 0 Å². The topological polar surface area (TPSA) is 91.9 Å². The lowest BCUT2D eigenvalue weighted by molar-refractivity contribution is 0.0954. The van der Waals surface area contributed by atoms with Crippen LogP contribution in [0.2, 0.25) is 0 Å². The van der Waals surface area contributed by atoms with E-state index >= 15 is 0 Å². The zero-order chi connectivity index (χ0) is 16.3. The van der Waals surface area contributed by atoms with Crippen molar-refractivity contribution >= 4 is 27.5 Å². The van der Waals surface area contributed by atoms with Crippen molar-refractivity contribution in [3.8, 4) is 5.75 Å². The number of benzene rings is 1. The Morgan fingerprint density at radius 2 is 2.09 bits per heavy atom. The molecule has 7 heteroatoms. The molecule has 0 radical (unpaired) electrons. The highest BCUT2D eigenvalue weighted by atomic mass is 79.9. The Morgan fingerprint density at radius 3 is 2.73 bits per heavy atom. The van der Waals surface area contributed by atoms with Gasteiger partial charge >= 0.3 is 5.63 Å². The lowest BCUT2D eigenvalue weighted by atomic mass is 10.2. The molecule has 0 saturated heterocycles. The molecule has 0 fully saturated rings. The first-order valence-corrected chi connectivity index (χ1v) is 7.12. The quantitative estimate of drug-likeness (QED) is 0.646. The zero-order valence-electron chi connectivity index (χ0n) is 11.9. The van der Waals surface area contributed by atoms with Crippen LogP contribution in [0.5, 0.6) is 5.75 Å². The molecule has 0 aliphatic carbocycles. The number of halogens is 1. The number of carbonyl (C=O) groups excluding carboxylic acids is 1. The highest BCUT2D eigenvalue weighted by molar-refractivity contribution is 9.10. The standard InChI is InChI=1S/C15H13BrN2O4/c1-8-6-12(19)13(15(21)22-8)9(2)17-18-14(20)10-4-3-5-11(16)7-10/h3-7,19H,1-2H3,(H,18,20). The van der Waals surface area contributed by atoms with Crippen molar-refractivity contribution in [2.24, 2.45) is 5.10 Å². The molecule has 0 spiro atoms. The van der Waals surface area contributed by atoms with E-state index in [1.54, 1.807) is 31.2 Å². The third-order valence-corrected chi connectivity index (χ3v) is 3.32. The van der Waals surface area contributed by atoms with Crippen LogP contribution >= 0.6 is 15.9 Å². The van der Waals surface area contributed by atoms with E-state index in [1.807, 2.05) is 0 Å². The summed E-state index contributed by atoms with van der Waals surface area (Å²) < 4.78 is 5.66. The van der Waals surface area contributed by atoms with Gasteiger partial charge in [0, 0.05) is 16.1 Å². The third kappa shape index (κ3) is 3.62. The van der Waals surface area contributed by atoms with Gasteiger partial charge in [-0.15, -0.1) is 0 Å². The number of hydrogen-bond donors (Lipinski definition) is 2. The Morgan fingerprint density at radius 1 is 1.36 bits per heavy atom. The van der Waals surface area contributed by atoms with E-state index in [1.165, 1.54) is 13.0 Å². The summed E-state index contributed by atoms with van der Waals surface area (Å²) in [6.45, 7) is 3.04. The predicted molar refractivity (Wildman–Crippen MR) is 85.2 cm³/mol. The van der Waals surface area contributed by atoms with Crippen LogP contribution in [0.3, 0.4) is 0 Å². The normalized spacial score (nSPS) is 11.3. The second-order valence-electron chi connectivity index (χ2n) is 4.55. The van der Waals surface area contributed by atoms with Crippen LogP contribution < -0.4 is 11.1 Å². The summed E-state index contributed by atoms with van der Waals surface area (Å²) in [7, 11) is 0.